The molecule has 1 aromatic heterocycles. The van der Waals surface area contributed by atoms with Crippen LogP contribution in [-0.4, -0.2) is 0 Å². The SMILES string of the molecule is CCCc1cccc(C2(c3csc(N)[nH+]3)CCCC2)c1. The highest BCUT2D eigenvalue weighted by molar-refractivity contribution is 7.13. The van der Waals surface area contributed by atoms with Crippen molar-refractivity contribution in [3.8, 4) is 0 Å². The number of thiazole rings is 1. The number of nitrogens with two attached hydrogens (primary N) is 1. The van der Waals surface area contributed by atoms with E-state index in [-0.39, 0.29) is 5.41 Å². The molecule has 0 saturated heterocycles. The summed E-state index contributed by atoms with van der Waals surface area (Å²) in [5, 5.41) is 3.03. The van der Waals surface area contributed by atoms with Crippen molar-refractivity contribution in [3.05, 3.63) is 46.5 Å². The number of nitrogen functional groups attached to an aromatic ring is 1. The monoisotopic (exact) mass is 287 g/mol. The van der Waals surface area contributed by atoms with E-state index in [4.69, 9.17) is 5.73 Å². The number of hydrogen-bond acceptors (Lipinski definition) is 2. The number of anilines is 1. The third-order valence-corrected chi connectivity index (χ3v) is 5.26. The Morgan fingerprint density at radius 1 is 1.30 bits per heavy atom. The Morgan fingerprint density at radius 2 is 2.10 bits per heavy atom. The molecule has 20 heavy (non-hydrogen) atoms. The zero-order chi connectivity index (χ0) is 14.0. The van der Waals surface area contributed by atoms with Crippen LogP contribution in [0.1, 0.15) is 55.8 Å². The minimum Gasteiger partial charge on any atom is -0.278 e. The fourth-order valence-corrected chi connectivity index (χ4v) is 4.25. The predicted octanol–water partition coefficient (Wildman–Crippen LogP) is 3.96. The maximum atomic E-state index is 5.92. The molecule has 1 aliphatic rings. The van der Waals surface area contributed by atoms with E-state index in [2.05, 4.69) is 41.6 Å². The van der Waals surface area contributed by atoms with E-state index in [1.807, 2.05) is 0 Å². The Kier molecular flexibility index (Phi) is 3.79. The fourth-order valence-electron chi connectivity index (χ4n) is 3.55. The van der Waals surface area contributed by atoms with Crippen molar-refractivity contribution in [2.75, 3.05) is 5.73 Å². The molecular weight excluding hydrogens is 264 g/mol. The number of H-pyrrole nitrogens is 1. The zero-order valence-corrected chi connectivity index (χ0v) is 12.9. The molecule has 0 bridgehead atoms. The molecule has 0 radical (unpaired) electrons. The van der Waals surface area contributed by atoms with Crippen molar-refractivity contribution in [2.24, 2.45) is 0 Å². The quantitative estimate of drug-likeness (QED) is 0.908. The summed E-state index contributed by atoms with van der Waals surface area (Å²) in [6.07, 6.45) is 7.45. The highest BCUT2D eigenvalue weighted by Crippen LogP contribution is 2.45. The van der Waals surface area contributed by atoms with Gasteiger partial charge in [-0.1, -0.05) is 61.8 Å². The van der Waals surface area contributed by atoms with Gasteiger partial charge in [0.2, 0.25) is 0 Å². The van der Waals surface area contributed by atoms with Gasteiger partial charge in [-0.2, -0.15) is 0 Å². The summed E-state index contributed by atoms with van der Waals surface area (Å²) in [6.45, 7) is 2.24. The molecule has 1 heterocycles. The summed E-state index contributed by atoms with van der Waals surface area (Å²) < 4.78 is 0. The first-order valence-electron chi connectivity index (χ1n) is 7.61. The highest BCUT2D eigenvalue weighted by Gasteiger charge is 2.41. The van der Waals surface area contributed by atoms with E-state index in [1.165, 1.54) is 55.3 Å². The van der Waals surface area contributed by atoms with Crippen LogP contribution in [0.4, 0.5) is 5.13 Å². The van der Waals surface area contributed by atoms with E-state index in [0.717, 1.165) is 5.13 Å². The number of hydrogen-bond donors (Lipinski definition) is 1. The van der Waals surface area contributed by atoms with Crippen LogP contribution in [0.3, 0.4) is 0 Å². The van der Waals surface area contributed by atoms with Gasteiger partial charge in [-0.3, -0.25) is 5.73 Å². The molecule has 1 aliphatic carbocycles. The van der Waals surface area contributed by atoms with Crippen molar-refractivity contribution in [3.63, 3.8) is 0 Å². The van der Waals surface area contributed by atoms with Gasteiger partial charge >= 0.3 is 5.13 Å². The number of benzene rings is 1. The summed E-state index contributed by atoms with van der Waals surface area (Å²) in [5.41, 5.74) is 10.3. The lowest BCUT2D eigenvalue weighted by molar-refractivity contribution is -0.373. The Hall–Kier alpha value is -1.35. The second-order valence-electron chi connectivity index (χ2n) is 5.88. The topological polar surface area (TPSA) is 40.2 Å². The van der Waals surface area contributed by atoms with E-state index >= 15 is 0 Å². The molecule has 0 aliphatic heterocycles. The van der Waals surface area contributed by atoms with Crippen molar-refractivity contribution >= 4 is 16.5 Å². The van der Waals surface area contributed by atoms with Crippen LogP contribution >= 0.6 is 11.3 Å². The first-order valence-corrected chi connectivity index (χ1v) is 8.49. The van der Waals surface area contributed by atoms with Crippen molar-refractivity contribution in [1.82, 2.24) is 0 Å². The molecule has 2 nitrogen and oxygen atoms in total. The van der Waals surface area contributed by atoms with E-state index < -0.39 is 0 Å². The smallest absolute Gasteiger partial charge is 0.278 e. The number of aromatic nitrogens is 1. The van der Waals surface area contributed by atoms with Gasteiger partial charge in [0, 0.05) is 5.38 Å². The van der Waals surface area contributed by atoms with E-state index in [0.29, 0.717) is 0 Å². The highest BCUT2D eigenvalue weighted by atomic mass is 32.1. The Morgan fingerprint density at radius 3 is 2.75 bits per heavy atom. The molecule has 3 N–H and O–H groups in total. The molecule has 0 atom stereocenters. The average Bonchev–Trinajstić information content (AvgIpc) is 3.09. The van der Waals surface area contributed by atoms with Crippen LogP contribution in [-0.2, 0) is 11.8 Å². The number of nitrogens with one attached hydrogen (secondary N) is 1. The lowest BCUT2D eigenvalue weighted by Gasteiger charge is -2.27. The standard InChI is InChI=1S/C17H22N2S/c1-2-6-13-7-5-8-14(11-13)17(9-3-4-10-17)15-12-20-16(18)19-15/h5,7-8,11-12H,2-4,6,9-10H2,1H3,(H2,18,19)/p+1. The van der Waals surface area contributed by atoms with Gasteiger partial charge in [0.15, 0.2) is 0 Å². The maximum Gasteiger partial charge on any atom is 0.329 e. The molecule has 106 valence electrons. The van der Waals surface area contributed by atoms with Crippen molar-refractivity contribution < 1.29 is 4.98 Å². The summed E-state index contributed by atoms with van der Waals surface area (Å²) in [6, 6.07) is 9.18. The lowest BCUT2D eigenvalue weighted by Crippen LogP contribution is -2.30. The second kappa shape index (κ2) is 5.57. The maximum absolute atomic E-state index is 5.92. The Labute approximate surface area is 125 Å². The lowest BCUT2D eigenvalue weighted by atomic mass is 9.76. The fraction of sp³-hybridized carbons (Fsp3) is 0.471. The summed E-state index contributed by atoms with van der Waals surface area (Å²) in [7, 11) is 0. The molecule has 0 unspecified atom stereocenters. The van der Waals surface area contributed by atoms with Crippen molar-refractivity contribution in [1.29, 1.82) is 0 Å². The predicted molar refractivity (Wildman–Crippen MR) is 85.0 cm³/mol. The van der Waals surface area contributed by atoms with Gasteiger partial charge in [-0.25, -0.2) is 4.98 Å². The molecule has 3 rings (SSSR count). The van der Waals surface area contributed by atoms with E-state index in [9.17, 15) is 0 Å². The number of aryl methyl sites for hydroxylation is 1. The Balaban J connectivity index is 2.04. The molecule has 2 aromatic rings. The van der Waals surface area contributed by atoms with Crippen molar-refractivity contribution in [2.45, 2.75) is 50.9 Å². The van der Waals surface area contributed by atoms with Gasteiger partial charge < -0.3 is 0 Å². The largest absolute Gasteiger partial charge is 0.329 e. The van der Waals surface area contributed by atoms with E-state index in [1.54, 1.807) is 11.3 Å². The minimum absolute atomic E-state index is 0.165. The van der Waals surface area contributed by atoms with Crippen LogP contribution in [0, 0.1) is 0 Å². The molecule has 3 heteroatoms. The molecule has 0 amide bonds. The summed E-state index contributed by atoms with van der Waals surface area (Å²) in [4.78, 5) is 3.41. The molecule has 1 fully saturated rings. The second-order valence-corrected chi connectivity index (χ2v) is 6.79. The van der Waals surface area contributed by atoms with Crippen LogP contribution < -0.4 is 10.7 Å². The molecule has 1 saturated carbocycles. The summed E-state index contributed by atoms with van der Waals surface area (Å²) >= 11 is 1.62. The first kappa shape index (κ1) is 13.6. The Bertz CT molecular complexity index is 582. The van der Waals surface area contributed by atoms with Gasteiger partial charge in [0.05, 0.1) is 5.41 Å². The molecule has 0 spiro atoms. The normalized spacial score (nSPS) is 17.4. The first-order chi connectivity index (χ1) is 9.74. The van der Waals surface area contributed by atoms with Crippen LogP contribution in [0.2, 0.25) is 0 Å². The molecule has 1 aromatic carbocycles. The van der Waals surface area contributed by atoms with Crippen LogP contribution in [0.5, 0.6) is 0 Å². The van der Waals surface area contributed by atoms with Crippen LogP contribution in [0.15, 0.2) is 29.6 Å². The third kappa shape index (κ3) is 2.35. The van der Waals surface area contributed by atoms with Gasteiger partial charge in [-0.05, 0) is 30.4 Å². The summed E-state index contributed by atoms with van der Waals surface area (Å²) in [5.74, 6) is 0. The van der Waals surface area contributed by atoms with Gasteiger partial charge in [0.1, 0.15) is 5.69 Å². The number of rotatable bonds is 4. The average molecular weight is 287 g/mol. The number of aromatic amines is 1. The van der Waals surface area contributed by atoms with Gasteiger partial charge in [0.25, 0.3) is 0 Å². The zero-order valence-electron chi connectivity index (χ0n) is 12.1. The molecular formula is C17H23N2S+. The van der Waals surface area contributed by atoms with Gasteiger partial charge in [-0.15, -0.1) is 0 Å². The third-order valence-electron chi connectivity index (χ3n) is 4.55. The minimum atomic E-state index is 0.165. The van der Waals surface area contributed by atoms with Crippen LogP contribution in [0.25, 0.3) is 0 Å².